The van der Waals surface area contributed by atoms with E-state index in [1.54, 1.807) is 17.9 Å². The number of carbonyl (C=O) groups excluding carboxylic acids is 1. The molecule has 0 saturated carbocycles. The maximum absolute atomic E-state index is 12.4. The summed E-state index contributed by atoms with van der Waals surface area (Å²) in [6, 6.07) is 5.69. The quantitative estimate of drug-likeness (QED) is 0.723. The maximum atomic E-state index is 12.4. The Kier molecular flexibility index (Phi) is 3.88. The lowest BCUT2D eigenvalue weighted by Gasteiger charge is -1.99. The van der Waals surface area contributed by atoms with Crippen LogP contribution >= 0.6 is 22.9 Å². The van der Waals surface area contributed by atoms with E-state index in [1.807, 2.05) is 36.6 Å². The molecule has 0 bridgehead atoms. The highest BCUT2D eigenvalue weighted by Crippen LogP contribution is 2.21. The van der Waals surface area contributed by atoms with Gasteiger partial charge in [-0.15, -0.1) is 0 Å². The van der Waals surface area contributed by atoms with Crippen LogP contribution in [0.3, 0.4) is 0 Å². The number of halogens is 1. The van der Waals surface area contributed by atoms with E-state index in [0.29, 0.717) is 15.5 Å². The molecule has 2 heterocycles. The van der Waals surface area contributed by atoms with Gasteiger partial charge in [0.25, 0.3) is 5.91 Å². The zero-order valence-electron chi connectivity index (χ0n) is 12.5. The van der Waals surface area contributed by atoms with Gasteiger partial charge >= 0.3 is 0 Å². The van der Waals surface area contributed by atoms with Gasteiger partial charge in [-0.05, 0) is 32.0 Å². The van der Waals surface area contributed by atoms with Gasteiger partial charge in [-0.25, -0.2) is 0 Å². The molecule has 0 aliphatic carbocycles. The average Bonchev–Trinajstić information content (AvgIpc) is 2.97. The number of aryl methyl sites for hydroxylation is 3. The number of fused-ring (bicyclic) bond motifs is 1. The minimum atomic E-state index is -0.321. The Morgan fingerprint density at radius 1 is 1.45 bits per heavy atom. The highest BCUT2D eigenvalue weighted by atomic mass is 35.5. The third-order valence-corrected chi connectivity index (χ3v) is 4.65. The molecule has 3 aromatic rings. The second kappa shape index (κ2) is 5.70. The van der Waals surface area contributed by atoms with Gasteiger partial charge in [-0.1, -0.05) is 22.9 Å². The van der Waals surface area contributed by atoms with Crippen LogP contribution in [0.25, 0.3) is 10.2 Å². The number of benzene rings is 1. The molecule has 114 valence electrons. The molecule has 0 aliphatic rings. The summed E-state index contributed by atoms with van der Waals surface area (Å²) in [5.74, 6) is -0.321. The number of carbonyl (C=O) groups is 1. The van der Waals surface area contributed by atoms with E-state index in [9.17, 15) is 4.79 Å². The number of rotatable bonds is 2. The molecule has 3 rings (SSSR count). The highest BCUT2D eigenvalue weighted by molar-refractivity contribution is 7.16. The number of hydrogen-bond acceptors (Lipinski definition) is 3. The van der Waals surface area contributed by atoms with Crippen molar-refractivity contribution < 1.29 is 4.79 Å². The zero-order chi connectivity index (χ0) is 15.9. The standard InChI is InChI=1S/C15H15ClN4OS/c1-4-20-11-6-5-10(16)7-12(11)22-15(20)17-14(21)13-9(2)8-19(3)18-13/h5-8H,4H2,1-3H3. The minimum Gasteiger partial charge on any atom is -0.317 e. The maximum Gasteiger partial charge on any atom is 0.300 e. The largest absolute Gasteiger partial charge is 0.317 e. The van der Waals surface area contributed by atoms with Crippen LogP contribution in [0.1, 0.15) is 23.0 Å². The van der Waals surface area contributed by atoms with Gasteiger partial charge in [0.1, 0.15) is 0 Å². The molecule has 0 saturated heterocycles. The molecule has 7 heteroatoms. The van der Waals surface area contributed by atoms with Crippen LogP contribution in [0.4, 0.5) is 0 Å². The van der Waals surface area contributed by atoms with Crippen LogP contribution < -0.4 is 4.80 Å². The molecule has 0 fully saturated rings. The third-order valence-electron chi connectivity index (χ3n) is 3.37. The first-order valence-corrected chi connectivity index (χ1v) is 8.07. The normalized spacial score (nSPS) is 12.3. The first kappa shape index (κ1) is 15.0. The van der Waals surface area contributed by atoms with Crippen LogP contribution in [0.5, 0.6) is 0 Å². The Morgan fingerprint density at radius 2 is 2.23 bits per heavy atom. The Hall–Kier alpha value is -1.92. The van der Waals surface area contributed by atoms with E-state index in [1.165, 1.54) is 11.3 Å². The number of hydrogen-bond donors (Lipinski definition) is 0. The molecule has 0 unspecified atom stereocenters. The molecule has 2 aromatic heterocycles. The van der Waals surface area contributed by atoms with Gasteiger partial charge in [-0.2, -0.15) is 10.1 Å². The molecular formula is C15H15ClN4OS. The van der Waals surface area contributed by atoms with E-state index in [-0.39, 0.29) is 5.91 Å². The summed E-state index contributed by atoms with van der Waals surface area (Å²) in [6.45, 7) is 4.61. The van der Waals surface area contributed by atoms with Crippen LogP contribution in [-0.4, -0.2) is 20.3 Å². The van der Waals surface area contributed by atoms with Crippen LogP contribution in [0.2, 0.25) is 5.02 Å². The summed E-state index contributed by atoms with van der Waals surface area (Å²) in [5, 5.41) is 4.85. The van der Waals surface area contributed by atoms with Gasteiger partial charge in [-0.3, -0.25) is 9.48 Å². The molecule has 1 amide bonds. The fraction of sp³-hybridized carbons (Fsp3) is 0.267. The average molecular weight is 335 g/mol. The number of amides is 1. The zero-order valence-corrected chi connectivity index (χ0v) is 14.1. The topological polar surface area (TPSA) is 52.2 Å². The van der Waals surface area contributed by atoms with Crippen molar-refractivity contribution in [1.82, 2.24) is 14.3 Å². The molecule has 0 atom stereocenters. The predicted octanol–water partition coefficient (Wildman–Crippen LogP) is 3.16. The highest BCUT2D eigenvalue weighted by Gasteiger charge is 2.13. The first-order valence-electron chi connectivity index (χ1n) is 6.87. The van der Waals surface area contributed by atoms with Crippen molar-refractivity contribution in [3.05, 3.63) is 45.5 Å². The van der Waals surface area contributed by atoms with E-state index < -0.39 is 0 Å². The first-order chi connectivity index (χ1) is 10.5. The monoisotopic (exact) mass is 334 g/mol. The van der Waals surface area contributed by atoms with Gasteiger partial charge < -0.3 is 4.57 Å². The Bertz CT molecular complexity index is 935. The second-order valence-corrected chi connectivity index (χ2v) is 6.44. The molecule has 0 spiro atoms. The Labute approximate surface area is 136 Å². The number of aromatic nitrogens is 3. The van der Waals surface area contributed by atoms with Crippen molar-refractivity contribution in [3.8, 4) is 0 Å². The van der Waals surface area contributed by atoms with Gasteiger partial charge in [0.15, 0.2) is 10.5 Å². The fourth-order valence-electron chi connectivity index (χ4n) is 2.40. The lowest BCUT2D eigenvalue weighted by molar-refractivity contribution is 0.0992. The van der Waals surface area contributed by atoms with Crippen LogP contribution in [-0.2, 0) is 13.6 Å². The molecule has 0 radical (unpaired) electrons. The number of nitrogens with zero attached hydrogens (tertiary/aromatic N) is 4. The number of thiazole rings is 1. The second-order valence-electron chi connectivity index (χ2n) is 4.99. The fourth-order valence-corrected chi connectivity index (χ4v) is 3.76. The van der Waals surface area contributed by atoms with Crippen molar-refractivity contribution in [2.24, 2.45) is 12.0 Å². The molecule has 1 aromatic carbocycles. The summed E-state index contributed by atoms with van der Waals surface area (Å²) >= 11 is 7.49. The Morgan fingerprint density at radius 3 is 2.86 bits per heavy atom. The lowest BCUT2D eigenvalue weighted by atomic mass is 10.3. The SMILES string of the molecule is CCn1c(=NC(=O)c2nn(C)cc2C)sc2cc(Cl)ccc21. The van der Waals surface area contributed by atoms with Crippen LogP contribution in [0, 0.1) is 6.92 Å². The summed E-state index contributed by atoms with van der Waals surface area (Å²) in [6.07, 6.45) is 1.81. The Balaban J connectivity index is 2.16. The molecule has 0 aliphatic heterocycles. The lowest BCUT2D eigenvalue weighted by Crippen LogP contribution is -2.16. The van der Waals surface area contributed by atoms with Crippen molar-refractivity contribution in [3.63, 3.8) is 0 Å². The molecular weight excluding hydrogens is 320 g/mol. The van der Waals surface area contributed by atoms with E-state index in [4.69, 9.17) is 11.6 Å². The van der Waals surface area contributed by atoms with Gasteiger partial charge in [0, 0.05) is 30.4 Å². The van der Waals surface area contributed by atoms with E-state index >= 15 is 0 Å². The van der Waals surface area contributed by atoms with Crippen molar-refractivity contribution in [2.45, 2.75) is 20.4 Å². The smallest absolute Gasteiger partial charge is 0.300 e. The van der Waals surface area contributed by atoms with Crippen molar-refractivity contribution in [2.75, 3.05) is 0 Å². The van der Waals surface area contributed by atoms with Crippen molar-refractivity contribution >= 4 is 39.1 Å². The van der Waals surface area contributed by atoms with Gasteiger partial charge in [0.2, 0.25) is 0 Å². The van der Waals surface area contributed by atoms with E-state index in [0.717, 1.165) is 22.3 Å². The predicted molar refractivity (Wildman–Crippen MR) is 88.3 cm³/mol. The summed E-state index contributed by atoms with van der Waals surface area (Å²) in [4.78, 5) is 17.3. The minimum absolute atomic E-state index is 0.321. The molecule has 5 nitrogen and oxygen atoms in total. The summed E-state index contributed by atoms with van der Waals surface area (Å²) in [5.41, 5.74) is 2.24. The van der Waals surface area contributed by atoms with Gasteiger partial charge in [0.05, 0.1) is 10.2 Å². The van der Waals surface area contributed by atoms with Crippen LogP contribution in [0.15, 0.2) is 29.4 Å². The molecule has 0 N–H and O–H groups in total. The third kappa shape index (κ3) is 2.60. The molecule has 22 heavy (non-hydrogen) atoms. The van der Waals surface area contributed by atoms with Crippen molar-refractivity contribution in [1.29, 1.82) is 0 Å². The summed E-state index contributed by atoms with van der Waals surface area (Å²) < 4.78 is 4.64. The summed E-state index contributed by atoms with van der Waals surface area (Å²) in [7, 11) is 1.79. The van der Waals surface area contributed by atoms with E-state index in [2.05, 4.69) is 10.1 Å².